The summed E-state index contributed by atoms with van der Waals surface area (Å²) in [5, 5.41) is 3.89. The van der Waals surface area contributed by atoms with Crippen molar-refractivity contribution in [1.82, 2.24) is 0 Å². The first-order valence-corrected chi connectivity index (χ1v) is 6.86. The fourth-order valence-electron chi connectivity index (χ4n) is 1.92. The zero-order chi connectivity index (χ0) is 14.7. The topological polar surface area (TPSA) is 38.3 Å². The van der Waals surface area contributed by atoms with Gasteiger partial charge in [0.05, 0.1) is 34.3 Å². The number of benzene rings is 1. The average Bonchev–Trinajstić information content (AvgIpc) is 2.45. The van der Waals surface area contributed by atoms with E-state index in [-0.39, 0.29) is 6.04 Å². The Bertz CT molecular complexity index is 622. The molecule has 0 aromatic heterocycles. The first kappa shape index (κ1) is 14.8. The van der Waals surface area contributed by atoms with Crippen molar-refractivity contribution in [3.63, 3.8) is 0 Å². The third-order valence-electron chi connectivity index (χ3n) is 3.02. The molecule has 0 radical (unpaired) electrons. The number of halogens is 1. The number of carbonyl (C=O) groups excluding carboxylic acids is 1. The van der Waals surface area contributed by atoms with Crippen LogP contribution < -0.4 is 5.32 Å². The SMILES string of the molecule is COC(=O)C1=CC=CC(Nc2cccc(C)c2Cl)C1=S. The minimum atomic E-state index is -0.429. The normalized spacial score (nSPS) is 17.6. The van der Waals surface area contributed by atoms with Crippen LogP contribution in [0.25, 0.3) is 0 Å². The number of nitrogens with one attached hydrogen (secondary N) is 1. The molecule has 0 saturated heterocycles. The number of esters is 1. The van der Waals surface area contributed by atoms with Gasteiger partial charge in [0.1, 0.15) is 0 Å². The van der Waals surface area contributed by atoms with E-state index < -0.39 is 5.97 Å². The predicted octanol–water partition coefficient (Wildman–Crippen LogP) is 3.47. The largest absolute Gasteiger partial charge is 0.465 e. The lowest BCUT2D eigenvalue weighted by atomic mass is 10.00. The Hall–Kier alpha value is -1.65. The molecule has 1 aliphatic rings. The summed E-state index contributed by atoms with van der Waals surface area (Å²) in [6, 6.07) is 5.46. The molecule has 2 rings (SSSR count). The van der Waals surface area contributed by atoms with E-state index in [0.29, 0.717) is 15.5 Å². The third kappa shape index (κ3) is 2.92. The summed E-state index contributed by atoms with van der Waals surface area (Å²) in [6.45, 7) is 1.93. The molecule has 1 unspecified atom stereocenters. The highest BCUT2D eigenvalue weighted by molar-refractivity contribution is 7.81. The Labute approximate surface area is 128 Å². The van der Waals surface area contributed by atoms with Crippen molar-refractivity contribution in [3.05, 3.63) is 52.6 Å². The van der Waals surface area contributed by atoms with Crippen LogP contribution in [0.5, 0.6) is 0 Å². The summed E-state index contributed by atoms with van der Waals surface area (Å²) in [4.78, 5) is 12.1. The molecule has 20 heavy (non-hydrogen) atoms. The van der Waals surface area contributed by atoms with E-state index in [1.54, 1.807) is 12.2 Å². The van der Waals surface area contributed by atoms with Crippen LogP contribution in [0.3, 0.4) is 0 Å². The van der Waals surface area contributed by atoms with Crippen molar-refractivity contribution in [1.29, 1.82) is 0 Å². The van der Waals surface area contributed by atoms with Gasteiger partial charge in [-0.3, -0.25) is 0 Å². The standard InChI is InChI=1S/C15H14ClNO2S/c1-9-5-3-7-11(13(9)16)17-12-8-4-6-10(14(12)20)15(18)19-2/h3-8,12,17H,1-2H3. The molecule has 3 nitrogen and oxygen atoms in total. The number of ether oxygens (including phenoxy) is 1. The number of hydrogen-bond acceptors (Lipinski definition) is 4. The van der Waals surface area contributed by atoms with E-state index in [0.717, 1.165) is 11.3 Å². The summed E-state index contributed by atoms with van der Waals surface area (Å²) < 4.78 is 4.72. The van der Waals surface area contributed by atoms with Gasteiger partial charge in [-0.2, -0.15) is 0 Å². The molecule has 1 atom stereocenters. The van der Waals surface area contributed by atoms with E-state index in [4.69, 9.17) is 28.6 Å². The quantitative estimate of drug-likeness (QED) is 0.685. The Morgan fingerprint density at radius 2 is 2.20 bits per heavy atom. The number of carbonyl (C=O) groups is 1. The van der Waals surface area contributed by atoms with Crippen molar-refractivity contribution in [3.8, 4) is 0 Å². The monoisotopic (exact) mass is 307 g/mol. The molecular weight excluding hydrogens is 294 g/mol. The van der Waals surface area contributed by atoms with Crippen molar-refractivity contribution < 1.29 is 9.53 Å². The lowest BCUT2D eigenvalue weighted by Gasteiger charge is -2.22. The summed E-state index contributed by atoms with van der Waals surface area (Å²) in [5.41, 5.74) is 2.16. The maximum absolute atomic E-state index is 11.6. The molecule has 1 N–H and O–H groups in total. The molecule has 0 aliphatic heterocycles. The molecule has 104 valence electrons. The molecule has 0 amide bonds. The van der Waals surface area contributed by atoms with Gasteiger partial charge in [-0.25, -0.2) is 4.79 Å². The van der Waals surface area contributed by atoms with Crippen molar-refractivity contribution in [2.75, 3.05) is 12.4 Å². The molecule has 0 heterocycles. The highest BCUT2D eigenvalue weighted by Gasteiger charge is 2.24. The number of methoxy groups -OCH3 is 1. The Morgan fingerprint density at radius 3 is 2.90 bits per heavy atom. The zero-order valence-electron chi connectivity index (χ0n) is 11.1. The summed E-state index contributed by atoms with van der Waals surface area (Å²) in [5.74, 6) is -0.429. The van der Waals surface area contributed by atoms with Crippen LogP contribution in [0.4, 0.5) is 5.69 Å². The first-order chi connectivity index (χ1) is 9.54. The Morgan fingerprint density at radius 1 is 1.45 bits per heavy atom. The minimum absolute atomic E-state index is 0.261. The maximum Gasteiger partial charge on any atom is 0.339 e. The Balaban J connectivity index is 2.22. The van der Waals surface area contributed by atoms with E-state index in [2.05, 4.69) is 5.32 Å². The van der Waals surface area contributed by atoms with Crippen LogP contribution in [0.15, 0.2) is 42.0 Å². The highest BCUT2D eigenvalue weighted by Crippen LogP contribution is 2.27. The van der Waals surface area contributed by atoms with Crippen LogP contribution in [0.2, 0.25) is 5.02 Å². The number of hydrogen-bond donors (Lipinski definition) is 1. The second-order valence-electron chi connectivity index (χ2n) is 4.38. The molecular formula is C15H14ClNO2S. The second-order valence-corrected chi connectivity index (χ2v) is 5.20. The maximum atomic E-state index is 11.6. The number of thiocarbonyl (C=S) groups is 1. The van der Waals surface area contributed by atoms with Crippen LogP contribution in [0.1, 0.15) is 5.56 Å². The fourth-order valence-corrected chi connectivity index (χ4v) is 2.39. The zero-order valence-corrected chi connectivity index (χ0v) is 12.7. The molecule has 0 bridgehead atoms. The summed E-state index contributed by atoms with van der Waals surface area (Å²) in [6.07, 6.45) is 5.32. The van der Waals surface area contributed by atoms with Gasteiger partial charge in [0.25, 0.3) is 0 Å². The van der Waals surface area contributed by atoms with Gasteiger partial charge < -0.3 is 10.1 Å². The van der Waals surface area contributed by atoms with E-state index in [9.17, 15) is 4.79 Å². The van der Waals surface area contributed by atoms with Gasteiger partial charge in [0.15, 0.2) is 0 Å². The molecule has 0 fully saturated rings. The molecule has 5 heteroatoms. The van der Waals surface area contributed by atoms with Gasteiger partial charge >= 0.3 is 5.97 Å². The molecule has 1 aliphatic carbocycles. The van der Waals surface area contributed by atoms with Gasteiger partial charge in [0.2, 0.25) is 0 Å². The van der Waals surface area contributed by atoms with Gasteiger partial charge in [0, 0.05) is 0 Å². The van der Waals surface area contributed by atoms with Gasteiger partial charge in [-0.05, 0) is 24.6 Å². The number of rotatable bonds is 3. The average molecular weight is 308 g/mol. The van der Waals surface area contributed by atoms with Crippen LogP contribution in [-0.2, 0) is 9.53 Å². The van der Waals surface area contributed by atoms with Crippen LogP contribution in [-0.4, -0.2) is 24.0 Å². The number of anilines is 1. The van der Waals surface area contributed by atoms with Crippen molar-refractivity contribution in [2.24, 2.45) is 0 Å². The Kier molecular flexibility index (Phi) is 4.57. The number of allylic oxidation sites excluding steroid dienone is 2. The highest BCUT2D eigenvalue weighted by atomic mass is 35.5. The summed E-state index contributed by atoms with van der Waals surface area (Å²) >= 11 is 11.6. The smallest absolute Gasteiger partial charge is 0.339 e. The predicted molar refractivity (Wildman–Crippen MR) is 85.4 cm³/mol. The first-order valence-electron chi connectivity index (χ1n) is 6.07. The molecule has 1 aromatic carbocycles. The van der Waals surface area contributed by atoms with E-state index >= 15 is 0 Å². The van der Waals surface area contributed by atoms with E-state index in [1.165, 1.54) is 7.11 Å². The van der Waals surface area contributed by atoms with Crippen LogP contribution >= 0.6 is 23.8 Å². The van der Waals surface area contributed by atoms with Gasteiger partial charge in [-0.1, -0.05) is 48.1 Å². The van der Waals surface area contributed by atoms with Crippen molar-refractivity contribution >= 4 is 40.3 Å². The molecule has 0 saturated carbocycles. The second kappa shape index (κ2) is 6.20. The minimum Gasteiger partial charge on any atom is -0.465 e. The van der Waals surface area contributed by atoms with Gasteiger partial charge in [-0.15, -0.1) is 0 Å². The van der Waals surface area contributed by atoms with Crippen molar-refractivity contribution in [2.45, 2.75) is 13.0 Å². The molecule has 0 spiro atoms. The molecule has 1 aromatic rings. The lowest BCUT2D eigenvalue weighted by Crippen LogP contribution is -2.32. The van der Waals surface area contributed by atoms with Crippen LogP contribution in [0, 0.1) is 6.92 Å². The fraction of sp³-hybridized carbons (Fsp3) is 0.200. The lowest BCUT2D eigenvalue weighted by molar-refractivity contribution is -0.135. The third-order valence-corrected chi connectivity index (χ3v) is 4.00. The summed E-state index contributed by atoms with van der Waals surface area (Å²) in [7, 11) is 1.34. The number of aryl methyl sites for hydroxylation is 1. The van der Waals surface area contributed by atoms with E-state index in [1.807, 2.05) is 31.2 Å².